The molecular formula is C22H22F2N4O4. The monoisotopic (exact) mass is 444 g/mol. The molecule has 0 spiro atoms. The highest BCUT2D eigenvalue weighted by molar-refractivity contribution is 6.09. The molecule has 1 heterocycles. The molecule has 10 heteroatoms. The fourth-order valence-electron chi connectivity index (χ4n) is 3.44. The molecule has 8 nitrogen and oxygen atoms in total. The van der Waals surface area contributed by atoms with Crippen LogP contribution >= 0.6 is 0 Å². The van der Waals surface area contributed by atoms with Gasteiger partial charge in [-0.2, -0.15) is 0 Å². The maximum atomic E-state index is 13.3. The third-order valence-corrected chi connectivity index (χ3v) is 5.27. The van der Waals surface area contributed by atoms with Crippen LogP contribution in [0.1, 0.15) is 18.9 Å². The van der Waals surface area contributed by atoms with Crippen LogP contribution in [0.5, 0.6) is 0 Å². The SMILES string of the molecule is CCC1(c2ccc(F)cc2)NC(=O)N(CC(=O)N(C)CC(=O)Nc2ccc(F)cc2)C1=O. The Labute approximate surface area is 183 Å². The number of rotatable bonds is 7. The lowest BCUT2D eigenvalue weighted by molar-refractivity contribution is -0.139. The van der Waals surface area contributed by atoms with Gasteiger partial charge in [0.25, 0.3) is 5.91 Å². The van der Waals surface area contributed by atoms with Gasteiger partial charge in [0.05, 0.1) is 6.54 Å². The predicted octanol–water partition coefficient (Wildman–Crippen LogP) is 2.22. The zero-order valence-electron chi connectivity index (χ0n) is 17.5. The maximum Gasteiger partial charge on any atom is 0.325 e. The number of urea groups is 1. The van der Waals surface area contributed by atoms with Gasteiger partial charge in [-0.3, -0.25) is 19.3 Å². The minimum Gasteiger partial charge on any atom is -0.335 e. The van der Waals surface area contributed by atoms with E-state index in [1.807, 2.05) is 0 Å². The zero-order chi connectivity index (χ0) is 23.5. The van der Waals surface area contributed by atoms with Gasteiger partial charge in [-0.15, -0.1) is 0 Å². The molecule has 32 heavy (non-hydrogen) atoms. The van der Waals surface area contributed by atoms with Gasteiger partial charge in [0.1, 0.15) is 23.7 Å². The third kappa shape index (κ3) is 4.58. The summed E-state index contributed by atoms with van der Waals surface area (Å²) in [4.78, 5) is 52.1. The quantitative estimate of drug-likeness (QED) is 0.640. The number of benzene rings is 2. The summed E-state index contributed by atoms with van der Waals surface area (Å²) in [5, 5.41) is 5.13. The summed E-state index contributed by atoms with van der Waals surface area (Å²) >= 11 is 0. The van der Waals surface area contributed by atoms with E-state index in [2.05, 4.69) is 10.6 Å². The number of hydrogen-bond acceptors (Lipinski definition) is 4. The Bertz CT molecular complexity index is 1040. The lowest BCUT2D eigenvalue weighted by atomic mass is 9.87. The van der Waals surface area contributed by atoms with Gasteiger partial charge < -0.3 is 15.5 Å². The molecule has 1 saturated heterocycles. The lowest BCUT2D eigenvalue weighted by Crippen LogP contribution is -2.46. The van der Waals surface area contributed by atoms with Crippen LogP contribution in [0.15, 0.2) is 48.5 Å². The molecule has 1 unspecified atom stereocenters. The largest absolute Gasteiger partial charge is 0.335 e. The van der Waals surface area contributed by atoms with E-state index in [0.717, 1.165) is 9.80 Å². The first-order chi connectivity index (χ1) is 15.2. The Hall–Kier alpha value is -3.82. The fraction of sp³-hybridized carbons (Fsp3) is 0.273. The molecule has 0 bridgehead atoms. The van der Waals surface area contributed by atoms with Crippen molar-refractivity contribution in [2.45, 2.75) is 18.9 Å². The topological polar surface area (TPSA) is 98.8 Å². The number of imide groups is 1. The normalized spacial score (nSPS) is 17.8. The molecule has 168 valence electrons. The minimum atomic E-state index is -1.40. The van der Waals surface area contributed by atoms with Crippen molar-refractivity contribution in [2.75, 3.05) is 25.5 Å². The van der Waals surface area contributed by atoms with E-state index >= 15 is 0 Å². The van der Waals surface area contributed by atoms with E-state index in [4.69, 9.17) is 0 Å². The Morgan fingerprint density at radius 2 is 1.59 bits per heavy atom. The van der Waals surface area contributed by atoms with Crippen molar-refractivity contribution in [1.82, 2.24) is 15.1 Å². The lowest BCUT2D eigenvalue weighted by Gasteiger charge is -2.26. The minimum absolute atomic E-state index is 0.198. The van der Waals surface area contributed by atoms with Crippen LogP contribution < -0.4 is 10.6 Å². The number of anilines is 1. The number of nitrogens with zero attached hydrogens (tertiary/aromatic N) is 2. The van der Waals surface area contributed by atoms with Crippen molar-refractivity contribution in [1.29, 1.82) is 0 Å². The molecule has 1 fully saturated rings. The smallest absolute Gasteiger partial charge is 0.325 e. The van der Waals surface area contributed by atoms with Gasteiger partial charge in [-0.25, -0.2) is 13.6 Å². The number of likely N-dealkylation sites (N-methyl/N-ethyl adjacent to an activating group) is 1. The van der Waals surface area contributed by atoms with Crippen molar-refractivity contribution < 1.29 is 28.0 Å². The fourth-order valence-corrected chi connectivity index (χ4v) is 3.44. The second-order valence-corrected chi connectivity index (χ2v) is 7.39. The zero-order valence-corrected chi connectivity index (χ0v) is 17.5. The number of halogens is 2. The molecule has 1 aliphatic rings. The second kappa shape index (κ2) is 9.13. The van der Waals surface area contributed by atoms with Crippen LogP contribution in [0.4, 0.5) is 19.3 Å². The number of nitrogens with one attached hydrogen (secondary N) is 2. The molecule has 0 saturated carbocycles. The first-order valence-electron chi connectivity index (χ1n) is 9.86. The molecular weight excluding hydrogens is 422 g/mol. The molecule has 2 aromatic carbocycles. The van der Waals surface area contributed by atoms with Crippen LogP contribution in [0.3, 0.4) is 0 Å². The average molecular weight is 444 g/mol. The van der Waals surface area contributed by atoms with Gasteiger partial charge >= 0.3 is 6.03 Å². The summed E-state index contributed by atoms with van der Waals surface area (Å²) in [6, 6.07) is 9.57. The molecule has 0 radical (unpaired) electrons. The summed E-state index contributed by atoms with van der Waals surface area (Å²) in [5.41, 5.74) is -0.635. The van der Waals surface area contributed by atoms with Crippen LogP contribution in [0.2, 0.25) is 0 Å². The molecule has 2 aromatic rings. The van der Waals surface area contributed by atoms with E-state index in [-0.39, 0.29) is 13.0 Å². The average Bonchev–Trinajstić information content (AvgIpc) is 3.00. The van der Waals surface area contributed by atoms with Gasteiger partial charge in [0.2, 0.25) is 11.8 Å². The van der Waals surface area contributed by atoms with Crippen molar-refractivity contribution in [2.24, 2.45) is 0 Å². The van der Waals surface area contributed by atoms with E-state index in [1.54, 1.807) is 6.92 Å². The molecule has 0 aromatic heterocycles. The first kappa shape index (κ1) is 22.9. The Balaban J connectivity index is 1.65. The van der Waals surface area contributed by atoms with Crippen molar-refractivity contribution in [3.05, 3.63) is 65.7 Å². The van der Waals surface area contributed by atoms with Gasteiger partial charge in [0.15, 0.2) is 0 Å². The van der Waals surface area contributed by atoms with Crippen molar-refractivity contribution in [3.8, 4) is 0 Å². The van der Waals surface area contributed by atoms with Crippen molar-refractivity contribution >= 4 is 29.4 Å². The van der Waals surface area contributed by atoms with Crippen LogP contribution in [0, 0.1) is 11.6 Å². The Kier molecular flexibility index (Phi) is 6.52. The molecule has 2 N–H and O–H groups in total. The van der Waals surface area contributed by atoms with Crippen LogP contribution in [0.25, 0.3) is 0 Å². The second-order valence-electron chi connectivity index (χ2n) is 7.39. The summed E-state index contributed by atoms with van der Waals surface area (Å²) in [7, 11) is 1.36. The number of carbonyl (C=O) groups is 4. The molecule has 1 atom stereocenters. The van der Waals surface area contributed by atoms with E-state index in [0.29, 0.717) is 11.3 Å². The molecule has 0 aliphatic carbocycles. The highest BCUT2D eigenvalue weighted by Crippen LogP contribution is 2.32. The summed E-state index contributed by atoms with van der Waals surface area (Å²) < 4.78 is 26.2. The highest BCUT2D eigenvalue weighted by atomic mass is 19.1. The molecule has 1 aliphatic heterocycles. The van der Waals surface area contributed by atoms with Gasteiger partial charge in [-0.05, 0) is 48.4 Å². The molecule has 5 amide bonds. The van der Waals surface area contributed by atoms with E-state index < -0.39 is 47.5 Å². The molecule has 3 rings (SSSR count). The first-order valence-corrected chi connectivity index (χ1v) is 9.86. The summed E-state index contributed by atoms with van der Waals surface area (Å²) in [6.07, 6.45) is 0.198. The summed E-state index contributed by atoms with van der Waals surface area (Å²) in [6.45, 7) is 0.795. The summed E-state index contributed by atoms with van der Waals surface area (Å²) in [5.74, 6) is -2.72. The van der Waals surface area contributed by atoms with E-state index in [9.17, 15) is 28.0 Å². The highest BCUT2D eigenvalue weighted by Gasteiger charge is 2.51. The number of hydrogen-bond donors (Lipinski definition) is 2. The predicted molar refractivity (Wildman–Crippen MR) is 111 cm³/mol. The standard InChI is InChI=1S/C22H22F2N4O4/c1-3-22(14-4-6-15(23)7-5-14)20(31)28(21(32)26-22)13-19(30)27(2)12-18(29)25-17-10-8-16(24)9-11-17/h4-11H,3,12-13H2,1-2H3,(H,25,29)(H,26,32). The Morgan fingerprint density at radius 1 is 1.03 bits per heavy atom. The third-order valence-electron chi connectivity index (χ3n) is 5.27. The van der Waals surface area contributed by atoms with E-state index in [1.165, 1.54) is 55.6 Å². The Morgan fingerprint density at radius 3 is 2.16 bits per heavy atom. The van der Waals surface area contributed by atoms with Gasteiger partial charge in [0, 0.05) is 12.7 Å². The maximum absolute atomic E-state index is 13.3. The number of carbonyl (C=O) groups excluding carboxylic acids is 4. The number of amides is 5. The van der Waals surface area contributed by atoms with Crippen molar-refractivity contribution in [3.63, 3.8) is 0 Å². The van der Waals surface area contributed by atoms with Gasteiger partial charge in [-0.1, -0.05) is 19.1 Å². The van der Waals surface area contributed by atoms with Crippen LogP contribution in [-0.4, -0.2) is 53.7 Å². The van der Waals surface area contributed by atoms with Crippen LogP contribution in [-0.2, 0) is 19.9 Å².